The maximum atomic E-state index is 12.3. The molecule has 0 spiro atoms. The first kappa shape index (κ1) is 23.4. The maximum absolute atomic E-state index is 12.3. The van der Waals surface area contributed by atoms with Crippen molar-refractivity contribution in [1.29, 1.82) is 10.8 Å². The van der Waals surface area contributed by atoms with Crippen LogP contribution in [0.25, 0.3) is 0 Å². The molecule has 33 heavy (non-hydrogen) atoms. The predicted octanol–water partition coefficient (Wildman–Crippen LogP) is 4.35. The van der Waals surface area contributed by atoms with Gasteiger partial charge in [0.2, 0.25) is 5.91 Å². The highest BCUT2D eigenvalue weighted by molar-refractivity contribution is 6.15. The van der Waals surface area contributed by atoms with Crippen LogP contribution in [0.4, 0.5) is 11.4 Å². The highest BCUT2D eigenvalue weighted by Crippen LogP contribution is 2.21. The molecule has 0 atom stereocenters. The molecule has 0 heterocycles. The lowest BCUT2D eigenvalue weighted by atomic mass is 9.98. The van der Waals surface area contributed by atoms with Crippen LogP contribution in [0, 0.1) is 10.8 Å². The summed E-state index contributed by atoms with van der Waals surface area (Å²) >= 11 is 0. The second kappa shape index (κ2) is 11.4. The average Bonchev–Trinajstić information content (AvgIpc) is 3.69. The number of rotatable bonds is 7. The highest BCUT2D eigenvalue weighted by atomic mass is 16.1. The largest absolute Gasteiger partial charge is 0.398 e. The van der Waals surface area contributed by atoms with E-state index in [0.29, 0.717) is 28.1 Å². The Morgan fingerprint density at radius 2 is 1.70 bits per heavy atom. The summed E-state index contributed by atoms with van der Waals surface area (Å²) in [5.41, 5.74) is 15.7. The van der Waals surface area contributed by atoms with Gasteiger partial charge in [-0.05, 0) is 35.9 Å². The molecular weight excluding hydrogens is 412 g/mol. The molecule has 1 aliphatic carbocycles. The first-order valence-corrected chi connectivity index (χ1v) is 10.7. The molecule has 1 amide bonds. The van der Waals surface area contributed by atoms with Crippen LogP contribution in [0.2, 0.25) is 0 Å². The number of carbonyl (C=O) groups excluding carboxylic acids is 1. The second-order valence-corrected chi connectivity index (χ2v) is 7.67. The number of nitrogen functional groups attached to an aromatic ring is 1. The fourth-order valence-corrected chi connectivity index (χ4v) is 2.97. The summed E-state index contributed by atoms with van der Waals surface area (Å²) in [4.78, 5) is 16.1. The lowest BCUT2D eigenvalue weighted by Gasteiger charge is -2.12. The van der Waals surface area contributed by atoms with E-state index in [4.69, 9.17) is 22.3 Å². The second-order valence-electron chi connectivity index (χ2n) is 7.67. The fraction of sp³-hybridized carbons (Fsp3) is 0.154. The van der Waals surface area contributed by atoms with Crippen LogP contribution in [-0.2, 0) is 11.2 Å². The third-order valence-corrected chi connectivity index (χ3v) is 4.82. The predicted molar refractivity (Wildman–Crippen MR) is 135 cm³/mol. The van der Waals surface area contributed by atoms with Crippen LogP contribution in [0.5, 0.6) is 0 Å². The summed E-state index contributed by atoms with van der Waals surface area (Å²) in [5.74, 6) is 0.0306. The van der Waals surface area contributed by atoms with Crippen molar-refractivity contribution in [2.45, 2.75) is 25.7 Å². The minimum atomic E-state index is -0.137. The summed E-state index contributed by atoms with van der Waals surface area (Å²) in [6.07, 6.45) is 5.63. The van der Waals surface area contributed by atoms with Crippen molar-refractivity contribution in [2.75, 3.05) is 11.1 Å². The van der Waals surface area contributed by atoms with E-state index in [2.05, 4.69) is 10.3 Å². The van der Waals surface area contributed by atoms with Crippen molar-refractivity contribution in [2.24, 2.45) is 10.7 Å². The van der Waals surface area contributed by atoms with Gasteiger partial charge in [0.05, 0.1) is 12.1 Å². The third kappa shape index (κ3) is 7.14. The van der Waals surface area contributed by atoms with Crippen molar-refractivity contribution in [1.82, 2.24) is 0 Å². The van der Waals surface area contributed by atoms with Crippen molar-refractivity contribution in [3.05, 3.63) is 95.1 Å². The lowest BCUT2D eigenvalue weighted by Crippen LogP contribution is -2.16. The molecule has 4 rings (SSSR count). The van der Waals surface area contributed by atoms with Crippen LogP contribution in [-0.4, -0.2) is 23.8 Å². The van der Waals surface area contributed by atoms with E-state index in [0.717, 1.165) is 11.9 Å². The van der Waals surface area contributed by atoms with Gasteiger partial charge >= 0.3 is 0 Å². The summed E-state index contributed by atoms with van der Waals surface area (Å²) in [7, 11) is 0. The molecule has 0 saturated heterocycles. The van der Waals surface area contributed by atoms with E-state index in [1.54, 1.807) is 42.5 Å². The molecule has 168 valence electrons. The van der Waals surface area contributed by atoms with Gasteiger partial charge in [-0.2, -0.15) is 0 Å². The maximum Gasteiger partial charge on any atom is 0.228 e. The summed E-state index contributed by atoms with van der Waals surface area (Å²) in [6, 6.07) is 21.5. The van der Waals surface area contributed by atoms with Gasteiger partial charge in [-0.25, -0.2) is 4.99 Å². The monoisotopic (exact) mass is 440 g/mol. The van der Waals surface area contributed by atoms with Crippen LogP contribution in [0.3, 0.4) is 0 Å². The molecule has 1 fully saturated rings. The molecule has 7 N–H and O–H groups in total. The SMILES string of the molecule is C1CC1.N=CN=C(N)c1ccc(N)c(C(=N)c2cccc(NC(=O)Cc3ccccc3)c2)c1. The van der Waals surface area contributed by atoms with Crippen LogP contribution >= 0.6 is 0 Å². The van der Waals surface area contributed by atoms with E-state index in [1.165, 1.54) is 19.3 Å². The number of hydrogen-bond acceptors (Lipinski definition) is 4. The zero-order valence-electron chi connectivity index (χ0n) is 18.3. The standard InChI is InChI=1S/C23H22N6O.C3H6/c24-14-28-23(27)17-9-10-20(25)19(13-17)22(26)16-7-4-8-18(12-16)29-21(30)11-15-5-2-1-3-6-15;1-2-3-1/h1-10,12-14,26H,11,25H2,(H,29,30)(H3,24,27,28);1-3H2. The molecule has 0 aromatic heterocycles. The van der Waals surface area contributed by atoms with E-state index >= 15 is 0 Å². The Kier molecular flexibility index (Phi) is 8.07. The number of amidine groups is 1. The third-order valence-electron chi connectivity index (χ3n) is 4.82. The number of amides is 1. The molecule has 7 nitrogen and oxygen atoms in total. The summed E-state index contributed by atoms with van der Waals surface area (Å²) in [5, 5.41) is 18.5. The molecule has 0 unspecified atom stereocenters. The normalized spacial score (nSPS) is 12.2. The van der Waals surface area contributed by atoms with Crippen molar-refractivity contribution in [3.63, 3.8) is 0 Å². The van der Waals surface area contributed by atoms with E-state index in [1.807, 2.05) is 30.3 Å². The molecule has 3 aromatic rings. The van der Waals surface area contributed by atoms with E-state index < -0.39 is 0 Å². The van der Waals surface area contributed by atoms with Gasteiger partial charge in [0.15, 0.2) is 0 Å². The number of nitrogens with zero attached hydrogens (tertiary/aromatic N) is 1. The first-order valence-electron chi connectivity index (χ1n) is 10.7. The number of anilines is 2. The molecule has 7 heteroatoms. The molecule has 1 aliphatic rings. The van der Waals surface area contributed by atoms with E-state index in [9.17, 15) is 4.79 Å². The van der Waals surface area contributed by atoms with Crippen LogP contribution in [0.15, 0.2) is 77.8 Å². The van der Waals surface area contributed by atoms with Gasteiger partial charge in [0, 0.05) is 28.1 Å². The number of benzene rings is 3. The smallest absolute Gasteiger partial charge is 0.228 e. The van der Waals surface area contributed by atoms with Gasteiger partial charge in [0.1, 0.15) is 12.2 Å². The highest BCUT2D eigenvalue weighted by Gasteiger charge is 2.12. The minimum Gasteiger partial charge on any atom is -0.398 e. The summed E-state index contributed by atoms with van der Waals surface area (Å²) < 4.78 is 0. The number of nitrogens with two attached hydrogens (primary N) is 2. The van der Waals surface area contributed by atoms with Crippen molar-refractivity contribution >= 4 is 35.2 Å². The Morgan fingerprint density at radius 3 is 2.36 bits per heavy atom. The van der Waals surface area contributed by atoms with Crippen molar-refractivity contribution in [3.8, 4) is 0 Å². The number of aliphatic imine (C=N–C) groups is 1. The fourth-order valence-electron chi connectivity index (χ4n) is 2.97. The van der Waals surface area contributed by atoms with Gasteiger partial charge in [-0.1, -0.05) is 61.7 Å². The molecule has 0 radical (unpaired) electrons. The zero-order valence-corrected chi connectivity index (χ0v) is 18.3. The minimum absolute atomic E-state index is 0.137. The molecule has 3 aromatic carbocycles. The molecule has 0 bridgehead atoms. The molecular formula is C26H28N6O. The summed E-state index contributed by atoms with van der Waals surface area (Å²) in [6.45, 7) is 0. The van der Waals surface area contributed by atoms with Crippen LogP contribution in [0.1, 0.15) is 41.5 Å². The lowest BCUT2D eigenvalue weighted by molar-refractivity contribution is -0.115. The van der Waals surface area contributed by atoms with Gasteiger partial charge in [-0.15, -0.1) is 0 Å². The first-order chi connectivity index (χ1) is 16.0. The Morgan fingerprint density at radius 1 is 0.970 bits per heavy atom. The zero-order chi connectivity index (χ0) is 23.6. The number of nitrogens with one attached hydrogen (secondary N) is 3. The van der Waals surface area contributed by atoms with Gasteiger partial charge in [0.25, 0.3) is 0 Å². The van der Waals surface area contributed by atoms with Crippen molar-refractivity contribution < 1.29 is 4.79 Å². The van der Waals surface area contributed by atoms with Gasteiger partial charge < -0.3 is 16.8 Å². The Hall–Kier alpha value is -4.26. The average molecular weight is 441 g/mol. The Balaban J connectivity index is 0.000000942. The number of hydrogen-bond donors (Lipinski definition) is 5. The topological polar surface area (TPSA) is 141 Å². The molecule has 0 aliphatic heterocycles. The number of carbonyl (C=O) groups is 1. The Labute approximate surface area is 193 Å². The van der Waals surface area contributed by atoms with E-state index in [-0.39, 0.29) is 23.9 Å². The van der Waals surface area contributed by atoms with Crippen LogP contribution < -0.4 is 16.8 Å². The Bertz CT molecular complexity index is 1170. The quantitative estimate of drug-likeness (QED) is 0.212. The molecule has 1 saturated carbocycles. The van der Waals surface area contributed by atoms with Gasteiger partial charge in [-0.3, -0.25) is 15.6 Å².